The molecule has 2 N–H and O–H groups in total. The molecule has 5 heteroatoms. The van der Waals surface area contributed by atoms with Crippen LogP contribution in [0.15, 0.2) is 18.2 Å². The van der Waals surface area contributed by atoms with Gasteiger partial charge in [-0.3, -0.25) is 4.79 Å². The Morgan fingerprint density at radius 1 is 1.27 bits per heavy atom. The zero-order chi connectivity index (χ0) is 16.1. The van der Waals surface area contributed by atoms with Crippen LogP contribution in [0.1, 0.15) is 31.7 Å². The van der Waals surface area contributed by atoms with Crippen molar-refractivity contribution in [2.75, 3.05) is 20.8 Å². The molecule has 22 heavy (non-hydrogen) atoms. The van der Waals surface area contributed by atoms with Crippen LogP contribution in [-0.4, -0.2) is 37.6 Å². The van der Waals surface area contributed by atoms with Crippen LogP contribution in [0.4, 0.5) is 0 Å². The number of ether oxygens (including phenoxy) is 2. The zero-order valence-corrected chi connectivity index (χ0v) is 13.7. The van der Waals surface area contributed by atoms with E-state index in [1.807, 2.05) is 30.0 Å². The lowest BCUT2D eigenvalue weighted by Crippen LogP contribution is -2.35. The molecule has 5 nitrogen and oxygen atoms in total. The van der Waals surface area contributed by atoms with Gasteiger partial charge in [-0.05, 0) is 43.9 Å². The number of benzene rings is 1. The van der Waals surface area contributed by atoms with E-state index in [0.717, 1.165) is 24.8 Å². The van der Waals surface area contributed by atoms with E-state index in [1.54, 1.807) is 14.2 Å². The fraction of sp³-hybridized carbons (Fsp3) is 0.588. The van der Waals surface area contributed by atoms with Crippen molar-refractivity contribution in [3.05, 3.63) is 23.8 Å². The predicted molar refractivity (Wildman–Crippen MR) is 86.0 cm³/mol. The highest BCUT2D eigenvalue weighted by Gasteiger charge is 2.30. The van der Waals surface area contributed by atoms with Gasteiger partial charge in [-0.2, -0.15) is 0 Å². The number of rotatable bonds is 6. The summed E-state index contributed by atoms with van der Waals surface area (Å²) in [6.45, 7) is 3.29. The summed E-state index contributed by atoms with van der Waals surface area (Å²) in [5, 5.41) is 0. The molecule has 0 saturated heterocycles. The molecule has 1 amide bonds. The summed E-state index contributed by atoms with van der Waals surface area (Å²) in [5.41, 5.74) is 6.96. The van der Waals surface area contributed by atoms with Gasteiger partial charge in [0, 0.05) is 25.0 Å². The van der Waals surface area contributed by atoms with Crippen molar-refractivity contribution in [3.8, 4) is 11.5 Å². The molecule has 0 radical (unpaired) electrons. The Balaban J connectivity index is 2.08. The molecule has 0 aromatic heterocycles. The van der Waals surface area contributed by atoms with Gasteiger partial charge in [0.05, 0.1) is 14.2 Å². The van der Waals surface area contributed by atoms with Crippen molar-refractivity contribution >= 4 is 5.91 Å². The maximum Gasteiger partial charge on any atom is 0.226 e. The minimum atomic E-state index is 0.0788. The quantitative estimate of drug-likeness (QED) is 0.875. The Morgan fingerprint density at radius 3 is 2.55 bits per heavy atom. The fourth-order valence-electron chi connectivity index (χ4n) is 3.04. The van der Waals surface area contributed by atoms with Gasteiger partial charge in [-0.25, -0.2) is 0 Å². The largest absolute Gasteiger partial charge is 0.493 e. The van der Waals surface area contributed by atoms with Gasteiger partial charge >= 0.3 is 0 Å². The summed E-state index contributed by atoms with van der Waals surface area (Å²) < 4.78 is 10.6. The normalized spacial score (nSPS) is 20.7. The van der Waals surface area contributed by atoms with Crippen molar-refractivity contribution in [3.63, 3.8) is 0 Å². The van der Waals surface area contributed by atoms with Crippen molar-refractivity contribution in [1.29, 1.82) is 0 Å². The first-order chi connectivity index (χ1) is 10.6. The SMILES string of the molecule is CCN(Cc1ccc(OC)c(OC)c1)C(=O)[C@@H]1CC[C@@H](N)C1. The molecule has 122 valence electrons. The van der Waals surface area contributed by atoms with Crippen LogP contribution in [0.2, 0.25) is 0 Å². The fourth-order valence-corrected chi connectivity index (χ4v) is 3.04. The Kier molecular flexibility index (Phi) is 5.66. The molecule has 1 saturated carbocycles. The summed E-state index contributed by atoms with van der Waals surface area (Å²) in [6.07, 6.45) is 2.66. The average molecular weight is 306 g/mol. The maximum absolute atomic E-state index is 12.6. The Bertz CT molecular complexity index is 519. The third-order valence-corrected chi connectivity index (χ3v) is 4.34. The summed E-state index contributed by atoms with van der Waals surface area (Å²) in [4.78, 5) is 14.5. The van der Waals surface area contributed by atoms with Gasteiger partial charge < -0.3 is 20.1 Å². The van der Waals surface area contributed by atoms with Gasteiger partial charge in [0.2, 0.25) is 5.91 Å². The lowest BCUT2D eigenvalue weighted by Gasteiger charge is -2.24. The molecule has 0 unspecified atom stereocenters. The summed E-state index contributed by atoms with van der Waals surface area (Å²) in [6, 6.07) is 5.94. The number of carbonyl (C=O) groups excluding carboxylic acids is 1. The lowest BCUT2D eigenvalue weighted by atomic mass is 10.1. The van der Waals surface area contributed by atoms with Crippen LogP contribution in [0.3, 0.4) is 0 Å². The number of amides is 1. The topological polar surface area (TPSA) is 64.8 Å². The molecule has 0 spiro atoms. The van der Waals surface area contributed by atoms with Crippen LogP contribution in [0, 0.1) is 5.92 Å². The van der Waals surface area contributed by atoms with Crippen molar-refractivity contribution in [1.82, 2.24) is 4.90 Å². The van der Waals surface area contributed by atoms with Crippen LogP contribution in [0.5, 0.6) is 11.5 Å². The molecule has 1 aromatic carbocycles. The third kappa shape index (κ3) is 3.71. The first-order valence-corrected chi connectivity index (χ1v) is 7.84. The molecule has 2 atom stereocenters. The van der Waals surface area contributed by atoms with E-state index in [4.69, 9.17) is 15.2 Å². The van der Waals surface area contributed by atoms with Crippen LogP contribution in [0.25, 0.3) is 0 Å². The second-order valence-corrected chi connectivity index (χ2v) is 5.81. The van der Waals surface area contributed by atoms with Gasteiger partial charge in [-0.1, -0.05) is 6.07 Å². The molecular formula is C17H26N2O3. The van der Waals surface area contributed by atoms with Crippen molar-refractivity contribution in [2.45, 2.75) is 38.8 Å². The van der Waals surface area contributed by atoms with E-state index in [1.165, 1.54) is 0 Å². The van der Waals surface area contributed by atoms with Gasteiger partial charge in [-0.15, -0.1) is 0 Å². The van der Waals surface area contributed by atoms with E-state index in [2.05, 4.69) is 0 Å². The molecule has 1 aliphatic rings. The second kappa shape index (κ2) is 7.49. The highest BCUT2D eigenvalue weighted by molar-refractivity contribution is 5.79. The number of hydrogen-bond acceptors (Lipinski definition) is 4. The Hall–Kier alpha value is -1.75. The smallest absolute Gasteiger partial charge is 0.226 e. The van der Waals surface area contributed by atoms with E-state index in [-0.39, 0.29) is 17.9 Å². The summed E-state index contributed by atoms with van der Waals surface area (Å²) >= 11 is 0. The van der Waals surface area contributed by atoms with Crippen LogP contribution in [-0.2, 0) is 11.3 Å². The molecule has 1 aliphatic carbocycles. The van der Waals surface area contributed by atoms with Crippen molar-refractivity contribution in [2.24, 2.45) is 11.7 Å². The van der Waals surface area contributed by atoms with E-state index in [9.17, 15) is 4.79 Å². The van der Waals surface area contributed by atoms with E-state index in [0.29, 0.717) is 24.6 Å². The van der Waals surface area contributed by atoms with Gasteiger partial charge in [0.15, 0.2) is 11.5 Å². The standard InChI is InChI=1S/C17H26N2O3/c1-4-19(17(20)13-6-7-14(18)10-13)11-12-5-8-15(21-2)16(9-12)22-3/h5,8-9,13-14H,4,6-7,10-11,18H2,1-3H3/t13-,14-/m1/s1. The van der Waals surface area contributed by atoms with Gasteiger partial charge in [0.25, 0.3) is 0 Å². The monoisotopic (exact) mass is 306 g/mol. The third-order valence-electron chi connectivity index (χ3n) is 4.34. The molecule has 0 heterocycles. The molecular weight excluding hydrogens is 280 g/mol. The number of hydrogen-bond donors (Lipinski definition) is 1. The van der Waals surface area contributed by atoms with E-state index < -0.39 is 0 Å². The molecule has 1 fully saturated rings. The molecule has 2 rings (SSSR count). The average Bonchev–Trinajstić information content (AvgIpc) is 2.98. The molecule has 0 bridgehead atoms. The number of carbonyl (C=O) groups is 1. The van der Waals surface area contributed by atoms with Gasteiger partial charge in [0.1, 0.15) is 0 Å². The lowest BCUT2D eigenvalue weighted by molar-refractivity contribution is -0.135. The summed E-state index contributed by atoms with van der Waals surface area (Å²) in [7, 11) is 3.23. The number of nitrogens with two attached hydrogens (primary N) is 1. The minimum Gasteiger partial charge on any atom is -0.493 e. The Labute approximate surface area is 132 Å². The minimum absolute atomic E-state index is 0.0788. The van der Waals surface area contributed by atoms with Crippen LogP contribution >= 0.6 is 0 Å². The highest BCUT2D eigenvalue weighted by atomic mass is 16.5. The molecule has 1 aromatic rings. The van der Waals surface area contributed by atoms with Crippen LogP contribution < -0.4 is 15.2 Å². The number of nitrogens with zero attached hydrogens (tertiary/aromatic N) is 1. The maximum atomic E-state index is 12.6. The first kappa shape index (κ1) is 16.6. The summed E-state index contributed by atoms with van der Waals surface area (Å²) in [5.74, 6) is 1.68. The predicted octanol–water partition coefficient (Wildman–Crippen LogP) is 2.18. The first-order valence-electron chi connectivity index (χ1n) is 7.84. The Morgan fingerprint density at radius 2 is 2.00 bits per heavy atom. The second-order valence-electron chi connectivity index (χ2n) is 5.81. The highest BCUT2D eigenvalue weighted by Crippen LogP contribution is 2.29. The van der Waals surface area contributed by atoms with Crippen molar-refractivity contribution < 1.29 is 14.3 Å². The molecule has 0 aliphatic heterocycles. The zero-order valence-electron chi connectivity index (χ0n) is 13.7. The number of methoxy groups -OCH3 is 2. The van der Waals surface area contributed by atoms with E-state index >= 15 is 0 Å².